The summed E-state index contributed by atoms with van der Waals surface area (Å²) in [6, 6.07) is 31.2. The monoisotopic (exact) mass is 356 g/mol. The van der Waals surface area contributed by atoms with Crippen molar-refractivity contribution in [3.05, 3.63) is 118 Å². The molecule has 0 aromatic heterocycles. The molecule has 6 rings (SSSR count). The fourth-order valence-electron chi connectivity index (χ4n) is 4.73. The van der Waals surface area contributed by atoms with Crippen molar-refractivity contribution in [1.29, 1.82) is 0 Å². The third-order valence-corrected chi connectivity index (χ3v) is 6.10. The van der Waals surface area contributed by atoms with E-state index in [-0.39, 0.29) is 0 Å². The molecule has 0 aliphatic heterocycles. The van der Waals surface area contributed by atoms with Crippen LogP contribution in [-0.4, -0.2) is 0 Å². The summed E-state index contributed by atoms with van der Waals surface area (Å²) < 4.78 is 0. The van der Waals surface area contributed by atoms with Crippen LogP contribution in [0.25, 0.3) is 34.4 Å². The molecule has 4 aromatic rings. The van der Waals surface area contributed by atoms with Crippen molar-refractivity contribution in [2.75, 3.05) is 0 Å². The molecular weight excluding hydrogens is 336 g/mol. The van der Waals surface area contributed by atoms with Gasteiger partial charge < -0.3 is 0 Å². The van der Waals surface area contributed by atoms with Gasteiger partial charge in [0.25, 0.3) is 0 Å². The number of hydrogen-bond donors (Lipinski definition) is 0. The fraction of sp³-hybridized carbons (Fsp3) is 0.0714. The minimum Gasteiger partial charge on any atom is -0.0619 e. The lowest BCUT2D eigenvalue weighted by Crippen LogP contribution is -1.83. The summed E-state index contributed by atoms with van der Waals surface area (Å²) in [5.74, 6) is 0. The van der Waals surface area contributed by atoms with Gasteiger partial charge in [-0.25, -0.2) is 0 Å². The van der Waals surface area contributed by atoms with Crippen molar-refractivity contribution in [1.82, 2.24) is 0 Å². The zero-order chi connectivity index (χ0) is 18.5. The van der Waals surface area contributed by atoms with Crippen LogP contribution in [0.1, 0.15) is 33.4 Å². The van der Waals surface area contributed by atoms with E-state index in [1.807, 2.05) is 0 Å². The van der Waals surface area contributed by atoms with Crippen LogP contribution >= 0.6 is 0 Å². The predicted octanol–water partition coefficient (Wildman–Crippen LogP) is 7.00. The Morgan fingerprint density at radius 2 is 0.857 bits per heavy atom. The van der Waals surface area contributed by atoms with Crippen molar-refractivity contribution in [3.8, 4) is 22.3 Å². The molecule has 0 saturated carbocycles. The van der Waals surface area contributed by atoms with Gasteiger partial charge in [-0.3, -0.25) is 0 Å². The normalized spacial score (nSPS) is 13.3. The van der Waals surface area contributed by atoms with Gasteiger partial charge in [-0.2, -0.15) is 0 Å². The quantitative estimate of drug-likeness (QED) is 0.293. The molecule has 0 radical (unpaired) electrons. The highest BCUT2D eigenvalue weighted by Gasteiger charge is 2.18. The Morgan fingerprint density at radius 1 is 0.429 bits per heavy atom. The molecule has 0 N–H and O–H groups in total. The van der Waals surface area contributed by atoms with Crippen molar-refractivity contribution in [2.45, 2.75) is 12.8 Å². The Hall–Kier alpha value is -3.38. The molecular formula is C28H20. The Bertz CT molecular complexity index is 1160. The number of benzene rings is 4. The zero-order valence-corrected chi connectivity index (χ0v) is 15.7. The van der Waals surface area contributed by atoms with Crippen LogP contribution < -0.4 is 0 Å². The molecule has 132 valence electrons. The summed E-state index contributed by atoms with van der Waals surface area (Å²) in [5.41, 5.74) is 13.9. The van der Waals surface area contributed by atoms with Gasteiger partial charge in [-0.05, 0) is 68.5 Å². The van der Waals surface area contributed by atoms with Crippen LogP contribution in [-0.2, 0) is 12.8 Å². The molecule has 28 heavy (non-hydrogen) atoms. The van der Waals surface area contributed by atoms with E-state index in [4.69, 9.17) is 0 Å². The maximum atomic E-state index is 2.34. The van der Waals surface area contributed by atoms with Crippen LogP contribution in [0.5, 0.6) is 0 Å². The summed E-state index contributed by atoms with van der Waals surface area (Å²) in [5, 5.41) is 0. The molecule has 0 heterocycles. The van der Waals surface area contributed by atoms with Crippen molar-refractivity contribution in [3.63, 3.8) is 0 Å². The van der Waals surface area contributed by atoms with Crippen molar-refractivity contribution >= 4 is 12.2 Å². The Morgan fingerprint density at radius 3 is 1.36 bits per heavy atom. The Balaban J connectivity index is 1.29. The van der Waals surface area contributed by atoms with E-state index in [9.17, 15) is 0 Å². The molecule has 2 aliphatic rings. The van der Waals surface area contributed by atoms with Crippen molar-refractivity contribution in [2.24, 2.45) is 0 Å². The first kappa shape index (κ1) is 15.7. The maximum absolute atomic E-state index is 2.34. The largest absolute Gasteiger partial charge is 0.0619 e. The summed E-state index contributed by atoms with van der Waals surface area (Å²) in [6.07, 6.45) is 6.58. The van der Waals surface area contributed by atoms with Crippen LogP contribution in [0.3, 0.4) is 0 Å². The summed E-state index contributed by atoms with van der Waals surface area (Å²) in [6.45, 7) is 0. The molecule has 0 bridgehead atoms. The smallest absolute Gasteiger partial charge is 0.00132 e. The average molecular weight is 356 g/mol. The van der Waals surface area contributed by atoms with Gasteiger partial charge in [0.2, 0.25) is 0 Å². The number of hydrogen-bond acceptors (Lipinski definition) is 0. The Labute approximate surface area is 165 Å². The molecule has 0 spiro atoms. The maximum Gasteiger partial charge on any atom is -0.00132 e. The van der Waals surface area contributed by atoms with E-state index >= 15 is 0 Å². The first-order valence-electron chi connectivity index (χ1n) is 9.96. The minimum atomic E-state index is 1.05. The first-order chi connectivity index (χ1) is 13.8. The highest BCUT2D eigenvalue weighted by molar-refractivity contribution is 5.81. The van der Waals surface area contributed by atoms with Gasteiger partial charge in [0.05, 0.1) is 0 Å². The van der Waals surface area contributed by atoms with E-state index in [1.54, 1.807) is 0 Å². The average Bonchev–Trinajstić information content (AvgIpc) is 3.29. The zero-order valence-electron chi connectivity index (χ0n) is 15.7. The highest BCUT2D eigenvalue weighted by Crippen LogP contribution is 2.38. The van der Waals surface area contributed by atoms with Gasteiger partial charge in [0.1, 0.15) is 0 Å². The Kier molecular flexibility index (Phi) is 3.39. The van der Waals surface area contributed by atoms with E-state index < -0.39 is 0 Å². The topological polar surface area (TPSA) is 0 Å². The second-order valence-electron chi connectivity index (χ2n) is 7.83. The molecule has 0 nitrogen and oxygen atoms in total. The second kappa shape index (κ2) is 6.07. The molecule has 0 heteroatoms. The molecule has 0 unspecified atom stereocenters. The third kappa shape index (κ3) is 2.46. The molecule has 0 atom stereocenters. The number of rotatable bonds is 2. The van der Waals surface area contributed by atoms with Crippen LogP contribution in [0.4, 0.5) is 0 Å². The van der Waals surface area contributed by atoms with Gasteiger partial charge in [0, 0.05) is 0 Å². The lowest BCUT2D eigenvalue weighted by atomic mass is 10.0. The molecule has 0 saturated heterocycles. The first-order valence-corrected chi connectivity index (χ1v) is 9.96. The number of fused-ring (bicyclic) bond motifs is 6. The van der Waals surface area contributed by atoms with E-state index in [1.165, 1.54) is 55.6 Å². The summed E-state index contributed by atoms with van der Waals surface area (Å²) in [7, 11) is 0. The SMILES string of the molecule is C(=Cc1ccc2c(c1)Cc1ccccc1-2)c1ccc2c(c1)Cc1ccccc1-2. The van der Waals surface area contributed by atoms with Gasteiger partial charge >= 0.3 is 0 Å². The lowest BCUT2D eigenvalue weighted by molar-refractivity contribution is 1.26. The minimum absolute atomic E-state index is 1.05. The van der Waals surface area contributed by atoms with E-state index in [0.717, 1.165) is 12.8 Å². The molecule has 2 aliphatic carbocycles. The lowest BCUT2D eigenvalue weighted by Gasteiger charge is -2.03. The molecule has 0 amide bonds. The predicted molar refractivity (Wildman–Crippen MR) is 118 cm³/mol. The summed E-state index contributed by atoms with van der Waals surface area (Å²) >= 11 is 0. The molecule has 4 aromatic carbocycles. The molecule has 0 fully saturated rings. The third-order valence-electron chi connectivity index (χ3n) is 6.10. The van der Waals surface area contributed by atoms with Gasteiger partial charge in [0.15, 0.2) is 0 Å². The van der Waals surface area contributed by atoms with Crippen LogP contribution in [0.15, 0.2) is 84.9 Å². The van der Waals surface area contributed by atoms with Crippen LogP contribution in [0.2, 0.25) is 0 Å². The van der Waals surface area contributed by atoms with Gasteiger partial charge in [-0.1, -0.05) is 97.1 Å². The van der Waals surface area contributed by atoms with Gasteiger partial charge in [-0.15, -0.1) is 0 Å². The summed E-state index contributed by atoms with van der Waals surface area (Å²) in [4.78, 5) is 0. The highest BCUT2D eigenvalue weighted by atomic mass is 14.2. The van der Waals surface area contributed by atoms with Crippen molar-refractivity contribution < 1.29 is 0 Å². The van der Waals surface area contributed by atoms with E-state index in [0.29, 0.717) is 0 Å². The fourth-order valence-corrected chi connectivity index (χ4v) is 4.73. The standard InChI is InChI=1S/C28H20/c1-3-7-25-21(5-1)17-23-15-19(11-13-27(23)25)9-10-20-12-14-28-24(16-20)18-22-6-2-4-8-26(22)28/h1-16H,17-18H2. The van der Waals surface area contributed by atoms with Crippen LogP contribution in [0, 0.1) is 0 Å². The second-order valence-corrected chi connectivity index (χ2v) is 7.83. The van der Waals surface area contributed by atoms with E-state index in [2.05, 4.69) is 97.1 Å².